The minimum atomic E-state index is 0.143. The van der Waals surface area contributed by atoms with Gasteiger partial charge < -0.3 is 10.3 Å². The number of nitrogens with zero attached hydrogens (tertiary/aromatic N) is 1. The number of benzene rings is 1. The van der Waals surface area contributed by atoms with Crippen LogP contribution in [0.2, 0.25) is 10.0 Å². The number of hydrogen-bond donors (Lipinski definition) is 2. The highest BCUT2D eigenvalue weighted by molar-refractivity contribution is 6.35. The van der Waals surface area contributed by atoms with E-state index in [0.717, 1.165) is 11.4 Å². The van der Waals surface area contributed by atoms with Crippen LogP contribution in [0.3, 0.4) is 0 Å². The average molecular weight is 270 g/mol. The predicted molar refractivity (Wildman–Crippen MR) is 70.3 cm³/mol. The zero-order valence-corrected chi connectivity index (χ0v) is 10.9. The van der Waals surface area contributed by atoms with Crippen molar-refractivity contribution in [1.82, 2.24) is 15.3 Å². The molecule has 1 atom stereocenters. The topological polar surface area (TPSA) is 40.7 Å². The number of imidazole rings is 1. The smallest absolute Gasteiger partial charge is 0.120 e. The maximum Gasteiger partial charge on any atom is 0.120 e. The number of aromatic nitrogens is 2. The van der Waals surface area contributed by atoms with Gasteiger partial charge in [0.15, 0.2) is 0 Å². The highest BCUT2D eigenvalue weighted by Crippen LogP contribution is 2.26. The van der Waals surface area contributed by atoms with Gasteiger partial charge in [0.25, 0.3) is 0 Å². The molecule has 0 spiro atoms. The minimum Gasteiger partial charge on any atom is -0.348 e. The Morgan fingerprint density at radius 3 is 2.88 bits per heavy atom. The molecule has 0 fully saturated rings. The molecule has 0 aliphatic carbocycles. The van der Waals surface area contributed by atoms with E-state index in [4.69, 9.17) is 23.2 Å². The van der Waals surface area contributed by atoms with E-state index >= 15 is 0 Å². The molecule has 0 aliphatic heterocycles. The fourth-order valence-corrected chi connectivity index (χ4v) is 2.18. The SMILES string of the molecule is CC(NCc1ncc[nH]1)c1ccc(Cl)cc1Cl. The van der Waals surface area contributed by atoms with Crippen molar-refractivity contribution in [1.29, 1.82) is 0 Å². The molecule has 17 heavy (non-hydrogen) atoms. The van der Waals surface area contributed by atoms with Gasteiger partial charge in [-0.3, -0.25) is 0 Å². The van der Waals surface area contributed by atoms with Gasteiger partial charge in [-0.2, -0.15) is 0 Å². The van der Waals surface area contributed by atoms with Crippen molar-refractivity contribution in [2.45, 2.75) is 19.5 Å². The molecule has 0 saturated carbocycles. The van der Waals surface area contributed by atoms with Crippen molar-refractivity contribution in [2.75, 3.05) is 0 Å². The molecule has 0 aliphatic rings. The predicted octanol–water partition coefficient (Wildman–Crippen LogP) is 3.57. The van der Waals surface area contributed by atoms with Gasteiger partial charge in [0.05, 0.1) is 6.54 Å². The van der Waals surface area contributed by atoms with Gasteiger partial charge in [0, 0.05) is 28.5 Å². The van der Waals surface area contributed by atoms with Crippen LogP contribution in [-0.2, 0) is 6.54 Å². The van der Waals surface area contributed by atoms with Crippen molar-refractivity contribution in [3.8, 4) is 0 Å². The molecule has 1 heterocycles. The van der Waals surface area contributed by atoms with Crippen LogP contribution in [0.15, 0.2) is 30.6 Å². The normalized spacial score (nSPS) is 12.6. The summed E-state index contributed by atoms with van der Waals surface area (Å²) in [6.07, 6.45) is 3.54. The van der Waals surface area contributed by atoms with Gasteiger partial charge in [0.2, 0.25) is 0 Å². The van der Waals surface area contributed by atoms with Crippen LogP contribution in [0.25, 0.3) is 0 Å². The first-order chi connectivity index (χ1) is 8.16. The second-order valence-corrected chi connectivity index (χ2v) is 4.65. The third-order valence-electron chi connectivity index (χ3n) is 2.56. The Morgan fingerprint density at radius 2 is 2.24 bits per heavy atom. The van der Waals surface area contributed by atoms with Crippen molar-refractivity contribution in [3.05, 3.63) is 52.0 Å². The van der Waals surface area contributed by atoms with Crippen molar-refractivity contribution in [3.63, 3.8) is 0 Å². The Labute approximate surface area is 110 Å². The Kier molecular flexibility index (Phi) is 4.05. The molecule has 0 radical (unpaired) electrons. The van der Waals surface area contributed by atoms with E-state index in [1.165, 1.54) is 0 Å². The number of halogens is 2. The van der Waals surface area contributed by atoms with Gasteiger partial charge >= 0.3 is 0 Å². The van der Waals surface area contributed by atoms with Crippen LogP contribution >= 0.6 is 23.2 Å². The summed E-state index contributed by atoms with van der Waals surface area (Å²) < 4.78 is 0. The second kappa shape index (κ2) is 5.54. The first-order valence-electron chi connectivity index (χ1n) is 5.33. The summed E-state index contributed by atoms with van der Waals surface area (Å²) >= 11 is 12.0. The largest absolute Gasteiger partial charge is 0.348 e. The Bertz CT molecular complexity index is 483. The van der Waals surface area contributed by atoms with E-state index in [1.807, 2.05) is 12.1 Å². The molecule has 0 saturated heterocycles. The molecule has 0 amide bonds. The van der Waals surface area contributed by atoms with Crippen LogP contribution in [0.4, 0.5) is 0 Å². The van der Waals surface area contributed by atoms with Gasteiger partial charge in [-0.1, -0.05) is 29.3 Å². The van der Waals surface area contributed by atoms with E-state index < -0.39 is 0 Å². The average Bonchev–Trinajstić information content (AvgIpc) is 2.78. The summed E-state index contributed by atoms with van der Waals surface area (Å²) in [4.78, 5) is 7.19. The highest BCUT2D eigenvalue weighted by Gasteiger charge is 2.09. The molecule has 5 heteroatoms. The minimum absolute atomic E-state index is 0.143. The highest BCUT2D eigenvalue weighted by atomic mass is 35.5. The Balaban J connectivity index is 2.01. The van der Waals surface area contributed by atoms with Crippen LogP contribution in [-0.4, -0.2) is 9.97 Å². The van der Waals surface area contributed by atoms with Gasteiger partial charge in [-0.15, -0.1) is 0 Å². The zero-order chi connectivity index (χ0) is 12.3. The summed E-state index contributed by atoms with van der Waals surface area (Å²) in [5.74, 6) is 0.905. The van der Waals surface area contributed by atoms with E-state index in [-0.39, 0.29) is 6.04 Å². The standard InChI is InChI=1S/C12H13Cl2N3/c1-8(17-7-12-15-4-5-16-12)10-3-2-9(13)6-11(10)14/h2-6,8,17H,7H2,1H3,(H,15,16). The van der Waals surface area contributed by atoms with Gasteiger partial charge in [-0.25, -0.2) is 4.98 Å². The van der Waals surface area contributed by atoms with Crippen molar-refractivity contribution < 1.29 is 0 Å². The number of nitrogens with one attached hydrogen (secondary N) is 2. The maximum absolute atomic E-state index is 6.14. The molecule has 1 aromatic carbocycles. The maximum atomic E-state index is 6.14. The van der Waals surface area contributed by atoms with Gasteiger partial charge in [-0.05, 0) is 24.6 Å². The van der Waals surface area contributed by atoms with E-state index in [2.05, 4.69) is 22.2 Å². The van der Waals surface area contributed by atoms with E-state index in [9.17, 15) is 0 Å². The van der Waals surface area contributed by atoms with E-state index in [0.29, 0.717) is 16.6 Å². The number of rotatable bonds is 4. The summed E-state index contributed by atoms with van der Waals surface area (Å²) in [5, 5.41) is 4.67. The third-order valence-corrected chi connectivity index (χ3v) is 3.12. The molecule has 2 rings (SSSR count). The summed E-state index contributed by atoms with van der Waals surface area (Å²) in [7, 11) is 0. The first kappa shape index (κ1) is 12.4. The molecule has 2 aromatic rings. The molecular weight excluding hydrogens is 257 g/mol. The number of H-pyrrole nitrogens is 1. The molecule has 0 bridgehead atoms. The quantitative estimate of drug-likeness (QED) is 0.891. The number of aromatic amines is 1. The van der Waals surface area contributed by atoms with Crippen LogP contribution in [0.5, 0.6) is 0 Å². The molecule has 2 N–H and O–H groups in total. The summed E-state index contributed by atoms with van der Waals surface area (Å²) in [5.41, 5.74) is 1.03. The zero-order valence-electron chi connectivity index (χ0n) is 9.37. The molecule has 3 nitrogen and oxygen atoms in total. The fourth-order valence-electron chi connectivity index (χ4n) is 1.61. The lowest BCUT2D eigenvalue weighted by Crippen LogP contribution is -2.19. The third kappa shape index (κ3) is 3.22. The summed E-state index contributed by atoms with van der Waals surface area (Å²) in [6.45, 7) is 2.73. The first-order valence-corrected chi connectivity index (χ1v) is 6.09. The Morgan fingerprint density at radius 1 is 1.41 bits per heavy atom. The number of hydrogen-bond acceptors (Lipinski definition) is 2. The van der Waals surface area contributed by atoms with Crippen molar-refractivity contribution in [2.24, 2.45) is 0 Å². The lowest BCUT2D eigenvalue weighted by atomic mass is 10.1. The Hall–Kier alpha value is -1.03. The lowest BCUT2D eigenvalue weighted by Gasteiger charge is -2.15. The summed E-state index contributed by atoms with van der Waals surface area (Å²) in [6, 6.07) is 5.67. The van der Waals surface area contributed by atoms with Crippen LogP contribution in [0, 0.1) is 0 Å². The fraction of sp³-hybridized carbons (Fsp3) is 0.250. The van der Waals surface area contributed by atoms with Crippen LogP contribution < -0.4 is 5.32 Å². The van der Waals surface area contributed by atoms with Crippen molar-refractivity contribution >= 4 is 23.2 Å². The monoisotopic (exact) mass is 269 g/mol. The molecule has 1 aromatic heterocycles. The molecular formula is C12H13Cl2N3. The van der Waals surface area contributed by atoms with Gasteiger partial charge in [0.1, 0.15) is 5.82 Å². The van der Waals surface area contributed by atoms with Crippen LogP contribution in [0.1, 0.15) is 24.4 Å². The van der Waals surface area contributed by atoms with E-state index in [1.54, 1.807) is 18.5 Å². The lowest BCUT2D eigenvalue weighted by molar-refractivity contribution is 0.562. The molecule has 90 valence electrons. The molecule has 1 unspecified atom stereocenters. The second-order valence-electron chi connectivity index (χ2n) is 3.80.